The van der Waals surface area contributed by atoms with Gasteiger partial charge in [0.1, 0.15) is 6.10 Å². The van der Waals surface area contributed by atoms with Crippen molar-refractivity contribution in [2.45, 2.75) is 44.1 Å². The highest BCUT2D eigenvalue weighted by molar-refractivity contribution is 5.93. The number of aromatic nitrogens is 4. The zero-order valence-corrected chi connectivity index (χ0v) is 14.2. The number of nitrogens with zero attached hydrogens (tertiary/aromatic N) is 5. The van der Waals surface area contributed by atoms with E-state index in [0.717, 1.165) is 32.4 Å². The summed E-state index contributed by atoms with van der Waals surface area (Å²) in [6.07, 6.45) is 11.0. The molecule has 8 nitrogen and oxygen atoms in total. The van der Waals surface area contributed by atoms with Crippen molar-refractivity contribution < 1.29 is 9.53 Å². The first kappa shape index (κ1) is 16.2. The standard InChI is InChI=1S/C17H22N6O2/c1-22-10-12(8-20-22)11-23-7-4-14-13(23)2-3-15(25-14)17(24)21-16-9-18-5-6-19-16/h5-6,8-10,13-15H,2-4,7,11H2,1H3,(H,19,21,24)/t13-,14-,15+/m1/s1. The van der Waals surface area contributed by atoms with E-state index in [1.807, 2.05) is 24.1 Å². The van der Waals surface area contributed by atoms with Gasteiger partial charge in [0.05, 0.1) is 18.5 Å². The van der Waals surface area contributed by atoms with Crippen LogP contribution in [0.5, 0.6) is 0 Å². The number of carbonyl (C=O) groups is 1. The Hall–Kier alpha value is -2.32. The summed E-state index contributed by atoms with van der Waals surface area (Å²) in [5, 5.41) is 7.02. The monoisotopic (exact) mass is 342 g/mol. The third-order valence-electron chi connectivity index (χ3n) is 4.91. The van der Waals surface area contributed by atoms with Crippen molar-refractivity contribution in [2.24, 2.45) is 7.05 Å². The lowest BCUT2D eigenvalue weighted by Gasteiger charge is -2.35. The number of hydrogen-bond donors (Lipinski definition) is 1. The maximum atomic E-state index is 12.4. The second-order valence-corrected chi connectivity index (χ2v) is 6.67. The van der Waals surface area contributed by atoms with Crippen LogP contribution in [-0.4, -0.2) is 55.4 Å². The number of ether oxygens (including phenoxy) is 1. The van der Waals surface area contributed by atoms with E-state index < -0.39 is 6.10 Å². The highest BCUT2D eigenvalue weighted by atomic mass is 16.5. The van der Waals surface area contributed by atoms with E-state index in [9.17, 15) is 4.79 Å². The van der Waals surface area contributed by atoms with Gasteiger partial charge in [0.2, 0.25) is 0 Å². The van der Waals surface area contributed by atoms with Gasteiger partial charge in [-0.3, -0.25) is 19.4 Å². The number of carbonyl (C=O) groups excluding carboxylic acids is 1. The number of aryl methyl sites for hydroxylation is 1. The first-order valence-corrected chi connectivity index (χ1v) is 8.63. The predicted octanol–water partition coefficient (Wildman–Crippen LogP) is 0.971. The largest absolute Gasteiger partial charge is 0.363 e. The fraction of sp³-hybridized carbons (Fsp3) is 0.529. The number of rotatable bonds is 4. The van der Waals surface area contributed by atoms with Gasteiger partial charge in [-0.05, 0) is 19.3 Å². The molecule has 2 fully saturated rings. The minimum atomic E-state index is -0.415. The maximum absolute atomic E-state index is 12.4. The molecule has 8 heteroatoms. The molecular formula is C17H22N6O2. The number of nitrogens with one attached hydrogen (secondary N) is 1. The Morgan fingerprint density at radius 3 is 3.00 bits per heavy atom. The lowest BCUT2D eigenvalue weighted by Crippen LogP contribution is -2.46. The predicted molar refractivity (Wildman–Crippen MR) is 90.6 cm³/mol. The Bertz CT molecular complexity index is 734. The fourth-order valence-electron chi connectivity index (χ4n) is 3.76. The molecular weight excluding hydrogens is 320 g/mol. The Labute approximate surface area is 146 Å². The summed E-state index contributed by atoms with van der Waals surface area (Å²) in [5.74, 6) is 0.326. The minimum Gasteiger partial charge on any atom is -0.363 e. The van der Waals surface area contributed by atoms with Crippen LogP contribution in [-0.2, 0) is 23.1 Å². The molecule has 3 atom stereocenters. The Morgan fingerprint density at radius 2 is 2.24 bits per heavy atom. The van der Waals surface area contributed by atoms with Gasteiger partial charge in [-0.15, -0.1) is 0 Å². The van der Waals surface area contributed by atoms with Crippen molar-refractivity contribution in [3.05, 3.63) is 36.5 Å². The highest BCUT2D eigenvalue weighted by Gasteiger charge is 2.41. The number of fused-ring (bicyclic) bond motifs is 1. The van der Waals surface area contributed by atoms with Crippen LogP contribution in [0.3, 0.4) is 0 Å². The molecule has 0 aliphatic carbocycles. The third kappa shape index (κ3) is 3.54. The van der Waals surface area contributed by atoms with Crippen LogP contribution in [0.25, 0.3) is 0 Å². The molecule has 25 heavy (non-hydrogen) atoms. The maximum Gasteiger partial charge on any atom is 0.254 e. The van der Waals surface area contributed by atoms with Gasteiger partial charge >= 0.3 is 0 Å². The summed E-state index contributed by atoms with van der Waals surface area (Å²) in [6, 6.07) is 0.376. The average molecular weight is 342 g/mol. The molecule has 2 saturated heterocycles. The Balaban J connectivity index is 1.34. The lowest BCUT2D eigenvalue weighted by atomic mass is 9.98. The first-order chi connectivity index (χ1) is 12.2. The number of hydrogen-bond acceptors (Lipinski definition) is 6. The van der Waals surface area contributed by atoms with Crippen molar-refractivity contribution in [1.82, 2.24) is 24.6 Å². The quantitative estimate of drug-likeness (QED) is 0.891. The third-order valence-corrected chi connectivity index (χ3v) is 4.91. The van der Waals surface area contributed by atoms with Crippen LogP contribution in [0.15, 0.2) is 31.0 Å². The summed E-state index contributed by atoms with van der Waals surface area (Å²) in [4.78, 5) is 22.9. The van der Waals surface area contributed by atoms with E-state index in [1.165, 1.54) is 11.8 Å². The van der Waals surface area contributed by atoms with Gasteiger partial charge in [-0.1, -0.05) is 0 Å². The summed E-state index contributed by atoms with van der Waals surface area (Å²) < 4.78 is 7.92. The van der Waals surface area contributed by atoms with Gasteiger partial charge in [0.15, 0.2) is 5.82 Å². The molecule has 0 radical (unpaired) electrons. The summed E-state index contributed by atoms with van der Waals surface area (Å²) in [5.41, 5.74) is 1.21. The highest BCUT2D eigenvalue weighted by Crippen LogP contribution is 2.32. The molecule has 0 bridgehead atoms. The van der Waals surface area contributed by atoms with Crippen LogP contribution in [0, 0.1) is 0 Å². The normalized spacial score (nSPS) is 26.4. The zero-order chi connectivity index (χ0) is 17.2. The van der Waals surface area contributed by atoms with E-state index in [-0.39, 0.29) is 12.0 Å². The number of amides is 1. The molecule has 0 aromatic carbocycles. The second-order valence-electron chi connectivity index (χ2n) is 6.67. The van der Waals surface area contributed by atoms with Gasteiger partial charge < -0.3 is 10.1 Å². The summed E-state index contributed by atoms with van der Waals surface area (Å²) >= 11 is 0. The molecule has 2 aromatic heterocycles. The van der Waals surface area contributed by atoms with E-state index in [4.69, 9.17) is 4.74 Å². The molecule has 2 aliphatic rings. The fourth-order valence-corrected chi connectivity index (χ4v) is 3.76. The van der Waals surface area contributed by atoms with Crippen LogP contribution in [0.2, 0.25) is 0 Å². The zero-order valence-electron chi connectivity index (χ0n) is 14.2. The van der Waals surface area contributed by atoms with Crippen molar-refractivity contribution >= 4 is 11.7 Å². The van der Waals surface area contributed by atoms with Gasteiger partial charge in [-0.25, -0.2) is 4.98 Å². The van der Waals surface area contributed by atoms with E-state index >= 15 is 0 Å². The molecule has 1 N–H and O–H groups in total. The number of likely N-dealkylation sites (tertiary alicyclic amines) is 1. The molecule has 2 aliphatic heterocycles. The molecule has 1 amide bonds. The van der Waals surface area contributed by atoms with E-state index in [1.54, 1.807) is 12.4 Å². The summed E-state index contributed by atoms with van der Waals surface area (Å²) in [6.45, 7) is 1.87. The molecule has 132 valence electrons. The van der Waals surface area contributed by atoms with E-state index in [0.29, 0.717) is 11.9 Å². The molecule has 4 heterocycles. The van der Waals surface area contributed by atoms with Gasteiger partial charge in [0, 0.05) is 50.3 Å². The Morgan fingerprint density at radius 1 is 1.32 bits per heavy atom. The first-order valence-electron chi connectivity index (χ1n) is 8.63. The van der Waals surface area contributed by atoms with E-state index in [2.05, 4.69) is 25.3 Å². The van der Waals surface area contributed by atoms with Crippen LogP contribution in [0.4, 0.5) is 5.82 Å². The molecule has 0 unspecified atom stereocenters. The topological polar surface area (TPSA) is 85.2 Å². The van der Waals surface area contributed by atoms with Crippen LogP contribution < -0.4 is 5.32 Å². The smallest absolute Gasteiger partial charge is 0.254 e. The second kappa shape index (κ2) is 6.89. The van der Waals surface area contributed by atoms with Crippen molar-refractivity contribution in [3.8, 4) is 0 Å². The molecule has 0 spiro atoms. The molecule has 4 rings (SSSR count). The Kier molecular flexibility index (Phi) is 4.46. The van der Waals surface area contributed by atoms with Crippen molar-refractivity contribution in [3.63, 3.8) is 0 Å². The van der Waals surface area contributed by atoms with Crippen LogP contribution in [0.1, 0.15) is 24.8 Å². The molecule has 2 aromatic rings. The van der Waals surface area contributed by atoms with Crippen LogP contribution >= 0.6 is 0 Å². The van der Waals surface area contributed by atoms with Crippen molar-refractivity contribution in [1.29, 1.82) is 0 Å². The van der Waals surface area contributed by atoms with Gasteiger partial charge in [0.25, 0.3) is 5.91 Å². The van der Waals surface area contributed by atoms with Crippen molar-refractivity contribution in [2.75, 3.05) is 11.9 Å². The van der Waals surface area contributed by atoms with Gasteiger partial charge in [-0.2, -0.15) is 5.10 Å². The summed E-state index contributed by atoms with van der Waals surface area (Å²) in [7, 11) is 1.93. The lowest BCUT2D eigenvalue weighted by molar-refractivity contribution is -0.138. The average Bonchev–Trinajstić information content (AvgIpc) is 3.22. The minimum absolute atomic E-state index is 0.114. The SMILES string of the molecule is Cn1cc(CN2CC[C@H]3O[C@H](C(=O)Nc4cnccn4)CC[C@H]32)cn1. The number of anilines is 1. The molecule has 0 saturated carbocycles.